The van der Waals surface area contributed by atoms with E-state index in [2.05, 4.69) is 23.8 Å². The zero-order valence-electron chi connectivity index (χ0n) is 12.8. The zero-order valence-corrected chi connectivity index (χ0v) is 12.8. The highest BCUT2D eigenvalue weighted by Crippen LogP contribution is 2.23. The fraction of sp³-hybridized carbons (Fsp3) is 0.733. The number of aromatic nitrogens is 2. The third-order valence-electron chi connectivity index (χ3n) is 4.37. The van der Waals surface area contributed by atoms with Crippen LogP contribution in [0.2, 0.25) is 0 Å². The molecule has 1 saturated heterocycles. The smallest absolute Gasteiger partial charge is 0.157 e. The Morgan fingerprint density at radius 2 is 2.10 bits per heavy atom. The lowest BCUT2D eigenvalue weighted by Crippen LogP contribution is -2.56. The van der Waals surface area contributed by atoms with Crippen molar-refractivity contribution in [2.75, 3.05) is 26.3 Å². The van der Waals surface area contributed by atoms with Gasteiger partial charge in [0.25, 0.3) is 0 Å². The Morgan fingerprint density at radius 1 is 1.40 bits per heavy atom. The summed E-state index contributed by atoms with van der Waals surface area (Å²) in [6, 6.07) is 0. The second-order valence-corrected chi connectivity index (χ2v) is 5.53. The number of hydrogen-bond donors (Lipinski definition) is 0. The number of aryl methyl sites for hydroxylation is 1. The zero-order chi connectivity index (χ0) is 14.6. The number of carbonyl (C=O) groups excluding carboxylic acids is 1. The van der Waals surface area contributed by atoms with Crippen molar-refractivity contribution in [1.82, 2.24) is 14.7 Å². The summed E-state index contributed by atoms with van der Waals surface area (Å²) in [5.41, 5.74) is 0.614. The average Bonchev–Trinajstić information content (AvgIpc) is 2.94. The van der Waals surface area contributed by atoms with Crippen LogP contribution in [0.3, 0.4) is 0 Å². The topological polar surface area (TPSA) is 47.4 Å². The molecule has 5 heteroatoms. The van der Waals surface area contributed by atoms with Crippen LogP contribution < -0.4 is 0 Å². The summed E-state index contributed by atoms with van der Waals surface area (Å²) < 4.78 is 7.25. The molecular weight excluding hydrogens is 254 g/mol. The van der Waals surface area contributed by atoms with Crippen LogP contribution in [0.15, 0.2) is 12.4 Å². The minimum absolute atomic E-state index is 0.276. The summed E-state index contributed by atoms with van der Waals surface area (Å²) in [7, 11) is 0. The molecule has 0 saturated carbocycles. The van der Waals surface area contributed by atoms with E-state index in [4.69, 9.17) is 4.74 Å². The van der Waals surface area contributed by atoms with Crippen molar-refractivity contribution in [2.45, 2.75) is 45.7 Å². The Kier molecular flexibility index (Phi) is 4.94. The number of nitrogens with zero attached hydrogens (tertiary/aromatic N) is 3. The molecule has 0 amide bonds. The molecule has 20 heavy (non-hydrogen) atoms. The van der Waals surface area contributed by atoms with Gasteiger partial charge in [0.15, 0.2) is 5.78 Å². The highest BCUT2D eigenvalue weighted by molar-refractivity contribution is 5.89. The van der Waals surface area contributed by atoms with Gasteiger partial charge in [-0.15, -0.1) is 0 Å². The molecule has 1 unspecified atom stereocenters. The molecule has 1 aliphatic rings. The lowest BCUT2D eigenvalue weighted by molar-refractivity contribution is -0.133. The standard InChI is InChI=1S/C15H25N3O2/c1-4-15(3,17-6-8-20-9-7-17)14(19)10-13-11-16-18(5-2)12-13/h11-12H,4-10H2,1-3H3. The van der Waals surface area contributed by atoms with Gasteiger partial charge in [0.2, 0.25) is 0 Å². The van der Waals surface area contributed by atoms with E-state index in [-0.39, 0.29) is 5.78 Å². The van der Waals surface area contributed by atoms with Crippen molar-refractivity contribution in [2.24, 2.45) is 0 Å². The Bertz CT molecular complexity index is 452. The van der Waals surface area contributed by atoms with Gasteiger partial charge in [0.05, 0.1) is 24.9 Å². The van der Waals surface area contributed by atoms with E-state index >= 15 is 0 Å². The average molecular weight is 279 g/mol. The summed E-state index contributed by atoms with van der Waals surface area (Å²) >= 11 is 0. The third kappa shape index (κ3) is 3.10. The van der Waals surface area contributed by atoms with Crippen molar-refractivity contribution in [3.63, 3.8) is 0 Å². The monoisotopic (exact) mass is 279 g/mol. The largest absolute Gasteiger partial charge is 0.379 e. The summed E-state index contributed by atoms with van der Waals surface area (Å²) in [5, 5.41) is 4.24. The molecule has 1 atom stereocenters. The maximum absolute atomic E-state index is 12.7. The molecule has 1 aromatic heterocycles. The van der Waals surface area contributed by atoms with Crippen LogP contribution in [-0.2, 0) is 22.5 Å². The summed E-state index contributed by atoms with van der Waals surface area (Å²) in [6.45, 7) is 10.1. The summed E-state index contributed by atoms with van der Waals surface area (Å²) in [4.78, 5) is 15.0. The number of carbonyl (C=O) groups is 1. The first kappa shape index (κ1) is 15.2. The Balaban J connectivity index is 2.07. The maximum Gasteiger partial charge on any atom is 0.157 e. The molecule has 0 spiro atoms. The van der Waals surface area contributed by atoms with Gasteiger partial charge in [-0.1, -0.05) is 6.92 Å². The van der Waals surface area contributed by atoms with E-state index in [1.165, 1.54) is 0 Å². The van der Waals surface area contributed by atoms with Crippen molar-refractivity contribution in [3.8, 4) is 0 Å². The van der Waals surface area contributed by atoms with Gasteiger partial charge in [-0.2, -0.15) is 5.10 Å². The highest BCUT2D eigenvalue weighted by Gasteiger charge is 2.37. The van der Waals surface area contributed by atoms with Crippen molar-refractivity contribution < 1.29 is 9.53 Å². The lowest BCUT2D eigenvalue weighted by Gasteiger charge is -2.41. The van der Waals surface area contributed by atoms with E-state index in [1.807, 2.05) is 17.8 Å². The lowest BCUT2D eigenvalue weighted by atomic mass is 9.87. The number of rotatable bonds is 6. The number of ether oxygens (including phenoxy) is 1. The first-order valence-electron chi connectivity index (χ1n) is 7.47. The number of morpholine rings is 1. The first-order valence-corrected chi connectivity index (χ1v) is 7.47. The van der Waals surface area contributed by atoms with Crippen LogP contribution in [0.5, 0.6) is 0 Å². The molecule has 2 rings (SSSR count). The van der Waals surface area contributed by atoms with E-state index in [0.717, 1.165) is 44.8 Å². The molecule has 0 bridgehead atoms. The molecular formula is C15H25N3O2. The minimum Gasteiger partial charge on any atom is -0.379 e. The molecule has 0 N–H and O–H groups in total. The van der Waals surface area contributed by atoms with Crippen LogP contribution in [0.1, 0.15) is 32.8 Å². The normalized spacial score (nSPS) is 19.8. The second-order valence-electron chi connectivity index (χ2n) is 5.53. The Hall–Kier alpha value is -1.20. The van der Waals surface area contributed by atoms with Crippen LogP contribution in [0.4, 0.5) is 0 Å². The Labute approximate surface area is 120 Å². The first-order chi connectivity index (χ1) is 9.60. The molecule has 0 radical (unpaired) electrons. The number of hydrogen-bond acceptors (Lipinski definition) is 4. The Morgan fingerprint density at radius 3 is 2.65 bits per heavy atom. The van der Waals surface area contributed by atoms with Crippen LogP contribution >= 0.6 is 0 Å². The summed E-state index contributed by atoms with van der Waals surface area (Å²) in [6.07, 6.45) is 5.06. The van der Waals surface area contributed by atoms with Gasteiger partial charge < -0.3 is 4.74 Å². The fourth-order valence-corrected chi connectivity index (χ4v) is 2.70. The molecule has 1 aromatic rings. The second kappa shape index (κ2) is 6.50. The van der Waals surface area contributed by atoms with Crippen molar-refractivity contribution in [1.29, 1.82) is 0 Å². The fourth-order valence-electron chi connectivity index (χ4n) is 2.70. The molecule has 0 aliphatic carbocycles. The molecule has 112 valence electrons. The molecule has 0 aromatic carbocycles. The quantitative estimate of drug-likeness (QED) is 0.792. The van der Waals surface area contributed by atoms with E-state index in [9.17, 15) is 4.79 Å². The SMILES string of the molecule is CCn1cc(CC(=O)C(C)(CC)N2CCOCC2)cn1. The maximum atomic E-state index is 12.7. The molecule has 2 heterocycles. The van der Waals surface area contributed by atoms with E-state index in [1.54, 1.807) is 6.20 Å². The molecule has 5 nitrogen and oxygen atoms in total. The van der Waals surface area contributed by atoms with Crippen LogP contribution in [0.25, 0.3) is 0 Å². The van der Waals surface area contributed by atoms with E-state index in [0.29, 0.717) is 6.42 Å². The van der Waals surface area contributed by atoms with E-state index < -0.39 is 5.54 Å². The van der Waals surface area contributed by atoms with Crippen molar-refractivity contribution in [3.05, 3.63) is 18.0 Å². The highest BCUT2D eigenvalue weighted by atomic mass is 16.5. The van der Waals surface area contributed by atoms with Crippen LogP contribution in [0, 0.1) is 0 Å². The number of ketones is 1. The van der Waals surface area contributed by atoms with Gasteiger partial charge in [-0.05, 0) is 25.8 Å². The van der Waals surface area contributed by atoms with Gasteiger partial charge in [0, 0.05) is 32.3 Å². The summed E-state index contributed by atoms with van der Waals surface area (Å²) in [5.74, 6) is 0.276. The predicted molar refractivity (Wildman–Crippen MR) is 77.7 cm³/mol. The van der Waals surface area contributed by atoms with Crippen molar-refractivity contribution >= 4 is 5.78 Å². The minimum atomic E-state index is -0.391. The van der Waals surface area contributed by atoms with Gasteiger partial charge in [-0.3, -0.25) is 14.4 Å². The van der Waals surface area contributed by atoms with Gasteiger partial charge in [-0.25, -0.2) is 0 Å². The predicted octanol–water partition coefficient (Wildman–Crippen LogP) is 1.52. The molecule has 1 fully saturated rings. The van der Waals surface area contributed by atoms with Gasteiger partial charge >= 0.3 is 0 Å². The van der Waals surface area contributed by atoms with Crippen LogP contribution in [-0.4, -0.2) is 52.3 Å². The number of Topliss-reactive ketones (excluding diaryl/α,β-unsaturated/α-hetero) is 1. The molecule has 1 aliphatic heterocycles. The van der Waals surface area contributed by atoms with Gasteiger partial charge in [0.1, 0.15) is 0 Å². The third-order valence-corrected chi connectivity index (χ3v) is 4.37.